The summed E-state index contributed by atoms with van der Waals surface area (Å²) in [7, 11) is 0. The topological polar surface area (TPSA) is 58.2 Å². The van der Waals surface area contributed by atoms with E-state index in [1.807, 2.05) is 48.5 Å². The fourth-order valence-corrected chi connectivity index (χ4v) is 4.35. The molecule has 0 bridgehead atoms. The number of benzene rings is 3. The van der Waals surface area contributed by atoms with Crippen LogP contribution in [0.25, 0.3) is 0 Å². The van der Waals surface area contributed by atoms with Gasteiger partial charge in [-0.15, -0.1) is 0 Å². The summed E-state index contributed by atoms with van der Waals surface area (Å²) in [5.41, 5.74) is 6.00. The van der Waals surface area contributed by atoms with Crippen LogP contribution in [0, 0.1) is 0 Å². The van der Waals surface area contributed by atoms with Crippen molar-refractivity contribution >= 4 is 12.3 Å². The van der Waals surface area contributed by atoms with Crippen LogP contribution in [-0.4, -0.2) is 12.3 Å². The van der Waals surface area contributed by atoms with E-state index in [2.05, 4.69) is 41.0 Å². The zero-order valence-electron chi connectivity index (χ0n) is 16.9. The molecular weight excluding hydrogens is 372 g/mol. The summed E-state index contributed by atoms with van der Waals surface area (Å²) in [5, 5.41) is 5.93. The van der Waals surface area contributed by atoms with Crippen LogP contribution in [-0.2, 0) is 17.6 Å². The van der Waals surface area contributed by atoms with Crippen molar-refractivity contribution < 1.29 is 9.59 Å². The summed E-state index contributed by atoms with van der Waals surface area (Å²) in [6, 6.07) is 26.4. The Balaban J connectivity index is 0.000000158. The normalized spacial score (nSPS) is 18.4. The molecule has 0 fully saturated rings. The summed E-state index contributed by atoms with van der Waals surface area (Å²) in [6.45, 7) is 0. The molecule has 5 rings (SSSR count). The van der Waals surface area contributed by atoms with Gasteiger partial charge in [0.25, 0.3) is 5.91 Å². The van der Waals surface area contributed by atoms with Crippen molar-refractivity contribution in [3.8, 4) is 0 Å². The van der Waals surface area contributed by atoms with Crippen molar-refractivity contribution in [3.05, 3.63) is 107 Å². The number of hydrogen-bond acceptors (Lipinski definition) is 2. The molecule has 2 atom stereocenters. The number of nitrogens with one attached hydrogen (secondary N) is 2. The molecule has 2 aliphatic carbocycles. The minimum atomic E-state index is 0.0114. The van der Waals surface area contributed by atoms with Crippen molar-refractivity contribution in [2.45, 2.75) is 37.8 Å². The molecule has 0 unspecified atom stereocenters. The molecule has 30 heavy (non-hydrogen) atoms. The standard InChI is InChI=1S/C16H15NO.C10H11NO/c18-16(13-7-2-1-3-8-13)17-15-11-10-12-6-4-5-9-14(12)15;12-7-11-10-6-5-8-3-1-2-4-9(8)10/h1-9,15H,10-11H2,(H,17,18);1-4,7,10H,5-6H2,(H,11,12)/t15-;10-/m11/s1. The van der Waals surface area contributed by atoms with Crippen LogP contribution < -0.4 is 10.6 Å². The Bertz CT molecular complexity index is 1020. The molecule has 2 N–H and O–H groups in total. The number of aryl methyl sites for hydroxylation is 2. The fraction of sp³-hybridized carbons (Fsp3) is 0.231. The van der Waals surface area contributed by atoms with Gasteiger partial charge in [0.2, 0.25) is 6.41 Å². The molecule has 2 amide bonds. The minimum Gasteiger partial charge on any atom is -0.352 e. The SMILES string of the molecule is O=C(N[C@@H]1CCc2ccccc21)c1ccccc1.O=CN[C@@H]1CCc2ccccc21. The van der Waals surface area contributed by atoms with Crippen LogP contribution in [0.2, 0.25) is 0 Å². The maximum atomic E-state index is 12.1. The average Bonchev–Trinajstić information content (AvgIpc) is 3.40. The lowest BCUT2D eigenvalue weighted by atomic mass is 10.1. The molecule has 2 aliphatic rings. The fourth-order valence-electron chi connectivity index (χ4n) is 4.35. The van der Waals surface area contributed by atoms with Gasteiger partial charge in [0.1, 0.15) is 0 Å². The Morgan fingerprint density at radius 1 is 0.733 bits per heavy atom. The van der Waals surface area contributed by atoms with Gasteiger partial charge in [-0.25, -0.2) is 0 Å². The number of hydrogen-bond donors (Lipinski definition) is 2. The van der Waals surface area contributed by atoms with Gasteiger partial charge in [0.05, 0.1) is 12.1 Å². The van der Waals surface area contributed by atoms with Crippen molar-refractivity contribution in [1.82, 2.24) is 10.6 Å². The van der Waals surface area contributed by atoms with Crippen LogP contribution in [0.1, 0.15) is 57.5 Å². The maximum Gasteiger partial charge on any atom is 0.251 e. The molecule has 0 spiro atoms. The van der Waals surface area contributed by atoms with Crippen LogP contribution in [0.3, 0.4) is 0 Å². The van der Waals surface area contributed by atoms with E-state index in [1.54, 1.807) is 0 Å². The zero-order valence-corrected chi connectivity index (χ0v) is 16.9. The second-order valence-electron chi connectivity index (χ2n) is 7.70. The molecule has 4 heteroatoms. The summed E-state index contributed by atoms with van der Waals surface area (Å²) in [5.74, 6) is 0.0114. The summed E-state index contributed by atoms with van der Waals surface area (Å²) >= 11 is 0. The van der Waals surface area contributed by atoms with Crippen LogP contribution in [0.15, 0.2) is 78.9 Å². The number of amides is 2. The Kier molecular flexibility index (Phi) is 6.23. The largest absolute Gasteiger partial charge is 0.352 e. The van der Waals surface area contributed by atoms with Gasteiger partial charge in [-0.1, -0.05) is 66.7 Å². The lowest BCUT2D eigenvalue weighted by molar-refractivity contribution is -0.110. The van der Waals surface area contributed by atoms with Gasteiger partial charge in [0, 0.05) is 5.56 Å². The van der Waals surface area contributed by atoms with Gasteiger partial charge in [-0.05, 0) is 60.1 Å². The lowest BCUT2D eigenvalue weighted by Crippen LogP contribution is -2.26. The third-order valence-corrected chi connectivity index (χ3v) is 5.88. The average molecular weight is 399 g/mol. The highest BCUT2D eigenvalue weighted by Gasteiger charge is 2.23. The second kappa shape index (κ2) is 9.40. The second-order valence-corrected chi connectivity index (χ2v) is 7.70. The molecule has 0 aromatic heterocycles. The Hall–Kier alpha value is -3.40. The molecule has 3 aromatic rings. The molecule has 152 valence electrons. The summed E-state index contributed by atoms with van der Waals surface area (Å²) in [4.78, 5) is 22.4. The third-order valence-electron chi connectivity index (χ3n) is 5.88. The highest BCUT2D eigenvalue weighted by Crippen LogP contribution is 2.31. The van der Waals surface area contributed by atoms with E-state index >= 15 is 0 Å². The van der Waals surface area contributed by atoms with Crippen molar-refractivity contribution in [2.24, 2.45) is 0 Å². The molecule has 3 aromatic carbocycles. The monoisotopic (exact) mass is 398 g/mol. The molecule has 0 saturated heterocycles. The van der Waals surface area contributed by atoms with E-state index in [0.29, 0.717) is 0 Å². The first-order chi connectivity index (χ1) is 14.8. The van der Waals surface area contributed by atoms with Gasteiger partial charge >= 0.3 is 0 Å². The lowest BCUT2D eigenvalue weighted by Gasteiger charge is -2.14. The Morgan fingerprint density at radius 3 is 1.90 bits per heavy atom. The first-order valence-electron chi connectivity index (χ1n) is 10.5. The third kappa shape index (κ3) is 4.43. The predicted molar refractivity (Wildman–Crippen MR) is 118 cm³/mol. The summed E-state index contributed by atoms with van der Waals surface area (Å²) in [6.07, 6.45) is 4.96. The molecule has 0 saturated carbocycles. The maximum absolute atomic E-state index is 12.1. The number of carbonyl (C=O) groups excluding carboxylic acids is 2. The van der Waals surface area contributed by atoms with E-state index in [9.17, 15) is 9.59 Å². The van der Waals surface area contributed by atoms with Crippen LogP contribution in [0.5, 0.6) is 0 Å². The quantitative estimate of drug-likeness (QED) is 0.635. The van der Waals surface area contributed by atoms with E-state index in [1.165, 1.54) is 22.3 Å². The number of rotatable bonds is 4. The van der Waals surface area contributed by atoms with E-state index in [0.717, 1.165) is 37.7 Å². The van der Waals surface area contributed by atoms with Crippen LogP contribution >= 0.6 is 0 Å². The van der Waals surface area contributed by atoms with Crippen molar-refractivity contribution in [1.29, 1.82) is 0 Å². The first kappa shape index (κ1) is 19.9. The van der Waals surface area contributed by atoms with Gasteiger partial charge in [0.15, 0.2) is 0 Å². The van der Waals surface area contributed by atoms with E-state index in [4.69, 9.17) is 0 Å². The first-order valence-corrected chi connectivity index (χ1v) is 10.5. The number of fused-ring (bicyclic) bond motifs is 2. The van der Waals surface area contributed by atoms with Gasteiger partial charge in [-0.3, -0.25) is 9.59 Å². The van der Waals surface area contributed by atoms with Crippen molar-refractivity contribution in [3.63, 3.8) is 0 Å². The van der Waals surface area contributed by atoms with Crippen LogP contribution in [0.4, 0.5) is 0 Å². The van der Waals surface area contributed by atoms with E-state index in [-0.39, 0.29) is 18.0 Å². The van der Waals surface area contributed by atoms with Gasteiger partial charge in [-0.2, -0.15) is 0 Å². The molecule has 0 heterocycles. The predicted octanol–water partition coefficient (Wildman–Crippen LogP) is 4.52. The zero-order chi connectivity index (χ0) is 20.8. The number of carbonyl (C=O) groups is 2. The Labute approximate surface area is 177 Å². The summed E-state index contributed by atoms with van der Waals surface area (Å²) < 4.78 is 0. The highest BCUT2D eigenvalue weighted by molar-refractivity contribution is 5.94. The molecular formula is C26H26N2O2. The molecule has 0 radical (unpaired) electrons. The van der Waals surface area contributed by atoms with Gasteiger partial charge < -0.3 is 10.6 Å². The minimum absolute atomic E-state index is 0.0114. The van der Waals surface area contributed by atoms with E-state index < -0.39 is 0 Å². The highest BCUT2D eigenvalue weighted by atomic mass is 16.1. The molecule has 4 nitrogen and oxygen atoms in total. The van der Waals surface area contributed by atoms with Crippen molar-refractivity contribution in [2.75, 3.05) is 0 Å². The smallest absolute Gasteiger partial charge is 0.251 e. The Morgan fingerprint density at radius 2 is 1.27 bits per heavy atom. The molecule has 0 aliphatic heterocycles.